The van der Waals surface area contributed by atoms with Crippen molar-refractivity contribution in [2.45, 2.75) is 45.3 Å². The van der Waals surface area contributed by atoms with Crippen LogP contribution in [-0.2, 0) is 9.53 Å². The number of amides is 2. The number of carbonyl (C=O) groups excluding carboxylic acids is 2. The predicted octanol–water partition coefficient (Wildman–Crippen LogP) is 4.07. The molecular formula is C24H29N3O3. The van der Waals surface area contributed by atoms with Gasteiger partial charge in [-0.1, -0.05) is 0 Å². The number of rotatable bonds is 4. The lowest BCUT2D eigenvalue weighted by Crippen LogP contribution is -2.45. The Kier molecular flexibility index (Phi) is 6.04. The van der Waals surface area contributed by atoms with Crippen LogP contribution >= 0.6 is 0 Å². The molecule has 2 unspecified atom stereocenters. The van der Waals surface area contributed by atoms with E-state index in [0.29, 0.717) is 12.0 Å². The van der Waals surface area contributed by atoms with Gasteiger partial charge in [-0.3, -0.25) is 9.59 Å². The van der Waals surface area contributed by atoms with E-state index in [0.717, 1.165) is 49.5 Å². The topological polar surface area (TPSA) is 61.9 Å². The number of hydrogen-bond donors (Lipinski definition) is 1. The van der Waals surface area contributed by atoms with E-state index in [1.54, 1.807) is 17.0 Å². The van der Waals surface area contributed by atoms with Crippen molar-refractivity contribution in [3.63, 3.8) is 0 Å². The normalized spacial score (nSPS) is 22.1. The van der Waals surface area contributed by atoms with Gasteiger partial charge >= 0.3 is 0 Å². The van der Waals surface area contributed by atoms with Gasteiger partial charge in [0, 0.05) is 48.7 Å². The van der Waals surface area contributed by atoms with Crippen LogP contribution in [-0.4, -0.2) is 43.7 Å². The number of benzene rings is 2. The van der Waals surface area contributed by atoms with E-state index < -0.39 is 0 Å². The SMILES string of the molecule is CC1CN(c2ccc(NC(=O)c3ccc(N4CCCCC4=O)cc3)cc2)CC(C)O1. The minimum atomic E-state index is -0.159. The van der Waals surface area contributed by atoms with Crippen LogP contribution < -0.4 is 15.1 Å². The summed E-state index contributed by atoms with van der Waals surface area (Å²) in [7, 11) is 0. The molecule has 2 atom stereocenters. The Morgan fingerprint density at radius 1 is 0.933 bits per heavy atom. The van der Waals surface area contributed by atoms with E-state index in [1.807, 2.05) is 36.4 Å². The molecule has 0 saturated carbocycles. The molecule has 2 aliphatic rings. The van der Waals surface area contributed by atoms with Gasteiger partial charge in [0.1, 0.15) is 0 Å². The monoisotopic (exact) mass is 407 g/mol. The first-order valence-corrected chi connectivity index (χ1v) is 10.7. The van der Waals surface area contributed by atoms with Gasteiger partial charge < -0.3 is 19.9 Å². The fourth-order valence-electron chi connectivity index (χ4n) is 4.22. The van der Waals surface area contributed by atoms with Crippen LogP contribution in [0.4, 0.5) is 17.1 Å². The number of carbonyl (C=O) groups is 2. The van der Waals surface area contributed by atoms with Gasteiger partial charge in [0.25, 0.3) is 5.91 Å². The summed E-state index contributed by atoms with van der Waals surface area (Å²) in [6.45, 7) is 6.65. The quantitative estimate of drug-likeness (QED) is 0.830. The summed E-state index contributed by atoms with van der Waals surface area (Å²) in [5.41, 5.74) is 3.32. The molecule has 2 heterocycles. The Labute approximate surface area is 177 Å². The number of nitrogens with one attached hydrogen (secondary N) is 1. The molecule has 2 aromatic rings. The Balaban J connectivity index is 1.38. The summed E-state index contributed by atoms with van der Waals surface area (Å²) < 4.78 is 5.80. The van der Waals surface area contributed by atoms with Gasteiger partial charge in [0.2, 0.25) is 5.91 Å². The molecule has 30 heavy (non-hydrogen) atoms. The Morgan fingerprint density at radius 2 is 1.57 bits per heavy atom. The molecule has 0 aliphatic carbocycles. The van der Waals surface area contributed by atoms with Crippen LogP contribution in [0.15, 0.2) is 48.5 Å². The molecule has 2 aliphatic heterocycles. The zero-order valence-corrected chi connectivity index (χ0v) is 17.6. The van der Waals surface area contributed by atoms with Crippen LogP contribution in [0.2, 0.25) is 0 Å². The van der Waals surface area contributed by atoms with Crippen molar-refractivity contribution in [1.82, 2.24) is 0 Å². The highest BCUT2D eigenvalue weighted by Gasteiger charge is 2.22. The van der Waals surface area contributed by atoms with E-state index in [4.69, 9.17) is 4.74 Å². The molecule has 0 bridgehead atoms. The van der Waals surface area contributed by atoms with Crippen LogP contribution in [0.3, 0.4) is 0 Å². The molecule has 4 rings (SSSR count). The fourth-order valence-corrected chi connectivity index (χ4v) is 4.22. The Bertz CT molecular complexity index is 885. The summed E-state index contributed by atoms with van der Waals surface area (Å²) in [5, 5.41) is 2.95. The van der Waals surface area contributed by atoms with Crippen molar-refractivity contribution in [2.24, 2.45) is 0 Å². The maximum Gasteiger partial charge on any atom is 0.255 e. The molecule has 2 saturated heterocycles. The van der Waals surface area contributed by atoms with E-state index in [9.17, 15) is 9.59 Å². The molecule has 2 aromatic carbocycles. The van der Waals surface area contributed by atoms with E-state index >= 15 is 0 Å². The van der Waals surface area contributed by atoms with Crippen molar-refractivity contribution in [3.05, 3.63) is 54.1 Å². The summed E-state index contributed by atoms with van der Waals surface area (Å²) in [4.78, 5) is 28.8. The third kappa shape index (κ3) is 4.65. The molecule has 6 nitrogen and oxygen atoms in total. The average Bonchev–Trinajstić information content (AvgIpc) is 2.74. The highest BCUT2D eigenvalue weighted by atomic mass is 16.5. The smallest absolute Gasteiger partial charge is 0.255 e. The summed E-state index contributed by atoms with van der Waals surface area (Å²) in [6.07, 6.45) is 2.98. The van der Waals surface area contributed by atoms with Crippen molar-refractivity contribution in [1.29, 1.82) is 0 Å². The summed E-state index contributed by atoms with van der Waals surface area (Å²) in [6, 6.07) is 15.2. The summed E-state index contributed by atoms with van der Waals surface area (Å²) in [5.74, 6) is -0.00418. The maximum absolute atomic E-state index is 12.6. The van der Waals surface area contributed by atoms with Gasteiger partial charge in [0.15, 0.2) is 0 Å². The molecule has 2 amide bonds. The molecule has 158 valence electrons. The van der Waals surface area contributed by atoms with Gasteiger partial charge in [-0.05, 0) is 75.2 Å². The standard InChI is InChI=1S/C24H29N3O3/c1-17-15-26(16-18(2)30-17)21-12-8-20(9-13-21)25-24(29)19-6-10-22(11-7-19)27-14-4-3-5-23(27)28/h6-13,17-18H,3-5,14-16H2,1-2H3,(H,25,29). The number of hydrogen-bond acceptors (Lipinski definition) is 4. The van der Waals surface area contributed by atoms with Crippen molar-refractivity contribution >= 4 is 28.9 Å². The molecule has 0 radical (unpaired) electrons. The zero-order chi connectivity index (χ0) is 21.1. The molecular weight excluding hydrogens is 378 g/mol. The highest BCUT2D eigenvalue weighted by Crippen LogP contribution is 2.24. The van der Waals surface area contributed by atoms with Crippen LogP contribution in [0.1, 0.15) is 43.5 Å². The molecule has 2 fully saturated rings. The lowest BCUT2D eigenvalue weighted by molar-refractivity contribution is -0.119. The first-order valence-electron chi connectivity index (χ1n) is 10.7. The largest absolute Gasteiger partial charge is 0.372 e. The van der Waals surface area contributed by atoms with Crippen molar-refractivity contribution in [3.8, 4) is 0 Å². The second-order valence-corrected chi connectivity index (χ2v) is 8.21. The highest BCUT2D eigenvalue weighted by molar-refractivity contribution is 6.04. The van der Waals surface area contributed by atoms with E-state index in [2.05, 4.69) is 24.1 Å². The Hall–Kier alpha value is -2.86. The number of ether oxygens (including phenoxy) is 1. The van der Waals surface area contributed by atoms with Crippen molar-refractivity contribution in [2.75, 3.05) is 34.8 Å². The predicted molar refractivity (Wildman–Crippen MR) is 119 cm³/mol. The van der Waals surface area contributed by atoms with E-state index in [1.165, 1.54) is 0 Å². The number of piperidine rings is 1. The molecule has 1 N–H and O–H groups in total. The number of morpholine rings is 1. The second-order valence-electron chi connectivity index (χ2n) is 8.21. The second kappa shape index (κ2) is 8.88. The van der Waals surface area contributed by atoms with Gasteiger partial charge in [0.05, 0.1) is 12.2 Å². The van der Waals surface area contributed by atoms with E-state index in [-0.39, 0.29) is 24.0 Å². The molecule has 0 spiro atoms. The first-order chi connectivity index (χ1) is 14.5. The average molecular weight is 408 g/mol. The van der Waals surface area contributed by atoms with Crippen LogP contribution in [0, 0.1) is 0 Å². The maximum atomic E-state index is 12.6. The zero-order valence-electron chi connectivity index (χ0n) is 17.6. The summed E-state index contributed by atoms with van der Waals surface area (Å²) >= 11 is 0. The van der Waals surface area contributed by atoms with Gasteiger partial charge in [-0.15, -0.1) is 0 Å². The third-order valence-corrected chi connectivity index (χ3v) is 5.67. The number of anilines is 3. The van der Waals surface area contributed by atoms with Crippen LogP contribution in [0.5, 0.6) is 0 Å². The van der Waals surface area contributed by atoms with Crippen LogP contribution in [0.25, 0.3) is 0 Å². The third-order valence-electron chi connectivity index (χ3n) is 5.67. The fraction of sp³-hybridized carbons (Fsp3) is 0.417. The number of nitrogens with zero attached hydrogens (tertiary/aromatic N) is 2. The minimum Gasteiger partial charge on any atom is -0.372 e. The van der Waals surface area contributed by atoms with Gasteiger partial charge in [-0.2, -0.15) is 0 Å². The lowest BCUT2D eigenvalue weighted by atomic mass is 10.1. The molecule has 0 aromatic heterocycles. The Morgan fingerprint density at radius 3 is 2.20 bits per heavy atom. The molecule has 6 heteroatoms. The minimum absolute atomic E-state index is 0.155. The van der Waals surface area contributed by atoms with Gasteiger partial charge in [-0.25, -0.2) is 0 Å². The lowest BCUT2D eigenvalue weighted by Gasteiger charge is -2.36. The first kappa shape index (κ1) is 20.4. The van der Waals surface area contributed by atoms with Crippen molar-refractivity contribution < 1.29 is 14.3 Å².